The van der Waals surface area contributed by atoms with Gasteiger partial charge in [-0.25, -0.2) is 4.39 Å². The van der Waals surface area contributed by atoms with Crippen molar-refractivity contribution in [3.63, 3.8) is 0 Å². The van der Waals surface area contributed by atoms with Crippen LogP contribution in [0.1, 0.15) is 39.8 Å². The van der Waals surface area contributed by atoms with Crippen LogP contribution >= 0.6 is 11.3 Å². The molecule has 0 radical (unpaired) electrons. The zero-order valence-electron chi connectivity index (χ0n) is 19.7. The standard InChI is InChI=1S/C28H28FN3O2S/c1-20-19-30(15-16-31(20)26(33)22-9-11-24(29)12-10-22)27(34)25-18-23-13-17-35-28(23)32(25)14-5-8-21-6-3-2-4-7-21/h2-4,6-7,9-13,17-18,20H,5,8,14-16,19H2,1H3/t20-/m0/s1. The molecular formula is C28H28FN3O2S. The highest BCUT2D eigenvalue weighted by Gasteiger charge is 2.32. The van der Waals surface area contributed by atoms with Crippen LogP contribution < -0.4 is 0 Å². The number of fused-ring (bicyclic) bond motifs is 1. The Labute approximate surface area is 208 Å². The molecule has 0 N–H and O–H groups in total. The quantitative estimate of drug-likeness (QED) is 0.361. The molecule has 2 aromatic carbocycles. The molecule has 0 aliphatic carbocycles. The highest BCUT2D eigenvalue weighted by molar-refractivity contribution is 7.16. The van der Waals surface area contributed by atoms with E-state index < -0.39 is 0 Å². The van der Waals surface area contributed by atoms with E-state index in [1.807, 2.05) is 24.0 Å². The fourth-order valence-corrected chi connectivity index (χ4v) is 5.75. The molecule has 0 spiro atoms. The van der Waals surface area contributed by atoms with E-state index in [1.165, 1.54) is 29.8 Å². The highest BCUT2D eigenvalue weighted by atomic mass is 32.1. The van der Waals surface area contributed by atoms with E-state index in [1.54, 1.807) is 16.2 Å². The SMILES string of the molecule is C[C@H]1CN(C(=O)c2cc3ccsc3n2CCCc2ccccc2)CCN1C(=O)c1ccc(F)cc1. The van der Waals surface area contributed by atoms with Crippen LogP contribution in [0.3, 0.4) is 0 Å². The minimum Gasteiger partial charge on any atom is -0.334 e. The molecule has 180 valence electrons. The van der Waals surface area contributed by atoms with Gasteiger partial charge in [-0.1, -0.05) is 30.3 Å². The number of hydrogen-bond donors (Lipinski definition) is 0. The van der Waals surface area contributed by atoms with Crippen LogP contribution in [0.15, 0.2) is 72.1 Å². The molecule has 3 heterocycles. The number of carbonyl (C=O) groups excluding carboxylic acids is 2. The molecule has 2 aromatic heterocycles. The Morgan fingerprint density at radius 2 is 1.77 bits per heavy atom. The summed E-state index contributed by atoms with van der Waals surface area (Å²) in [5, 5.41) is 3.16. The number of thiophene rings is 1. The zero-order valence-corrected chi connectivity index (χ0v) is 20.5. The Kier molecular flexibility index (Phi) is 6.68. The second-order valence-electron chi connectivity index (χ2n) is 9.06. The van der Waals surface area contributed by atoms with Gasteiger partial charge in [0.1, 0.15) is 16.3 Å². The van der Waals surface area contributed by atoms with Crippen molar-refractivity contribution in [1.82, 2.24) is 14.4 Å². The maximum Gasteiger partial charge on any atom is 0.270 e. The Hall–Kier alpha value is -3.45. The van der Waals surface area contributed by atoms with Crippen LogP contribution in [0.4, 0.5) is 4.39 Å². The summed E-state index contributed by atoms with van der Waals surface area (Å²) in [5.41, 5.74) is 2.47. The molecule has 4 aromatic rings. The number of amides is 2. The Balaban J connectivity index is 1.29. The van der Waals surface area contributed by atoms with E-state index in [2.05, 4.69) is 40.3 Å². The predicted molar refractivity (Wildman–Crippen MR) is 137 cm³/mol. The molecule has 7 heteroatoms. The van der Waals surface area contributed by atoms with Crippen molar-refractivity contribution in [2.45, 2.75) is 32.4 Å². The molecule has 1 atom stereocenters. The van der Waals surface area contributed by atoms with Crippen LogP contribution in [-0.2, 0) is 13.0 Å². The Morgan fingerprint density at radius 3 is 2.51 bits per heavy atom. The van der Waals surface area contributed by atoms with Gasteiger partial charge in [0, 0.05) is 43.2 Å². The molecule has 0 bridgehead atoms. The van der Waals surface area contributed by atoms with Gasteiger partial charge in [-0.2, -0.15) is 0 Å². The summed E-state index contributed by atoms with van der Waals surface area (Å²) in [6.45, 7) is 4.12. The Bertz CT molecular complexity index is 1330. The fourth-order valence-electron chi connectivity index (χ4n) is 4.82. The monoisotopic (exact) mass is 489 g/mol. The first kappa shape index (κ1) is 23.3. The van der Waals surface area contributed by atoms with Gasteiger partial charge in [0.05, 0.1) is 0 Å². The van der Waals surface area contributed by atoms with E-state index >= 15 is 0 Å². The number of carbonyl (C=O) groups is 2. The number of hydrogen-bond acceptors (Lipinski definition) is 3. The lowest BCUT2D eigenvalue weighted by Crippen LogP contribution is -2.55. The molecule has 0 saturated carbocycles. The number of nitrogens with zero attached hydrogens (tertiary/aromatic N) is 3. The van der Waals surface area contributed by atoms with Crippen LogP contribution in [0.5, 0.6) is 0 Å². The lowest BCUT2D eigenvalue weighted by molar-refractivity contribution is 0.0409. The van der Waals surface area contributed by atoms with Crippen LogP contribution in [-0.4, -0.2) is 51.9 Å². The third-order valence-electron chi connectivity index (χ3n) is 6.68. The molecule has 2 amide bonds. The van der Waals surface area contributed by atoms with E-state index in [9.17, 15) is 14.0 Å². The van der Waals surface area contributed by atoms with Crippen molar-refractivity contribution in [2.75, 3.05) is 19.6 Å². The van der Waals surface area contributed by atoms with Gasteiger partial charge in [0.15, 0.2) is 0 Å². The average Bonchev–Trinajstić information content (AvgIpc) is 3.47. The summed E-state index contributed by atoms with van der Waals surface area (Å²) in [5.74, 6) is -0.486. The van der Waals surface area contributed by atoms with E-state index in [0.717, 1.165) is 29.6 Å². The molecular weight excluding hydrogens is 461 g/mol. The smallest absolute Gasteiger partial charge is 0.270 e. The number of piperazine rings is 1. The summed E-state index contributed by atoms with van der Waals surface area (Å²) >= 11 is 1.66. The molecule has 35 heavy (non-hydrogen) atoms. The summed E-state index contributed by atoms with van der Waals surface area (Å²) in [7, 11) is 0. The van der Waals surface area contributed by atoms with Gasteiger partial charge in [-0.3, -0.25) is 9.59 Å². The topological polar surface area (TPSA) is 45.6 Å². The van der Waals surface area contributed by atoms with Gasteiger partial charge >= 0.3 is 0 Å². The van der Waals surface area contributed by atoms with E-state index in [-0.39, 0.29) is 23.7 Å². The third-order valence-corrected chi connectivity index (χ3v) is 7.63. The zero-order chi connectivity index (χ0) is 24.4. The van der Waals surface area contributed by atoms with Crippen molar-refractivity contribution in [3.8, 4) is 0 Å². The maximum absolute atomic E-state index is 13.6. The minimum atomic E-state index is -0.364. The van der Waals surface area contributed by atoms with Gasteiger partial charge in [0.25, 0.3) is 11.8 Å². The summed E-state index contributed by atoms with van der Waals surface area (Å²) in [6.07, 6.45) is 1.91. The van der Waals surface area contributed by atoms with Crippen LogP contribution in [0, 0.1) is 5.82 Å². The first-order chi connectivity index (χ1) is 17.0. The molecule has 1 aliphatic heterocycles. The normalized spacial score (nSPS) is 16.1. The molecule has 0 unspecified atom stereocenters. The lowest BCUT2D eigenvalue weighted by Gasteiger charge is -2.40. The van der Waals surface area contributed by atoms with Crippen molar-refractivity contribution < 1.29 is 14.0 Å². The van der Waals surface area contributed by atoms with Gasteiger partial charge < -0.3 is 14.4 Å². The molecule has 5 rings (SSSR count). The van der Waals surface area contributed by atoms with Crippen LogP contribution in [0.2, 0.25) is 0 Å². The number of aryl methyl sites for hydroxylation is 2. The molecule has 1 saturated heterocycles. The third kappa shape index (κ3) is 4.86. The van der Waals surface area contributed by atoms with Gasteiger partial charge in [-0.05, 0) is 67.1 Å². The molecule has 5 nitrogen and oxygen atoms in total. The Morgan fingerprint density at radius 1 is 1.00 bits per heavy atom. The summed E-state index contributed by atoms with van der Waals surface area (Å²) in [6, 6.07) is 20.0. The van der Waals surface area contributed by atoms with Crippen molar-refractivity contribution in [1.29, 1.82) is 0 Å². The predicted octanol–water partition coefficient (Wildman–Crippen LogP) is 5.46. The summed E-state index contributed by atoms with van der Waals surface area (Å²) in [4.78, 5) is 31.3. The number of rotatable bonds is 6. The molecule has 1 aliphatic rings. The first-order valence-corrected chi connectivity index (χ1v) is 12.9. The number of aromatic nitrogens is 1. The largest absolute Gasteiger partial charge is 0.334 e. The second kappa shape index (κ2) is 10.0. The van der Waals surface area contributed by atoms with Gasteiger partial charge in [0.2, 0.25) is 0 Å². The number of halogens is 1. The average molecular weight is 490 g/mol. The highest BCUT2D eigenvalue weighted by Crippen LogP contribution is 2.27. The fraction of sp³-hybridized carbons (Fsp3) is 0.286. The van der Waals surface area contributed by atoms with E-state index in [0.29, 0.717) is 30.9 Å². The summed E-state index contributed by atoms with van der Waals surface area (Å²) < 4.78 is 15.4. The molecule has 1 fully saturated rings. The van der Waals surface area contributed by atoms with Crippen molar-refractivity contribution >= 4 is 33.4 Å². The van der Waals surface area contributed by atoms with Crippen molar-refractivity contribution in [3.05, 3.63) is 94.7 Å². The van der Waals surface area contributed by atoms with Crippen molar-refractivity contribution in [2.24, 2.45) is 0 Å². The maximum atomic E-state index is 13.6. The minimum absolute atomic E-state index is 0.00819. The van der Waals surface area contributed by atoms with Crippen LogP contribution in [0.25, 0.3) is 10.2 Å². The lowest BCUT2D eigenvalue weighted by atomic mass is 10.1. The number of benzene rings is 2. The van der Waals surface area contributed by atoms with Gasteiger partial charge in [-0.15, -0.1) is 11.3 Å². The first-order valence-electron chi connectivity index (χ1n) is 12.0. The second-order valence-corrected chi connectivity index (χ2v) is 9.95. The van der Waals surface area contributed by atoms with E-state index in [4.69, 9.17) is 0 Å².